The van der Waals surface area contributed by atoms with Crippen molar-refractivity contribution in [1.82, 2.24) is 0 Å². The minimum atomic E-state index is -0.146. The third-order valence-electron chi connectivity index (χ3n) is 3.26. The lowest BCUT2D eigenvalue weighted by atomic mass is 9.94. The summed E-state index contributed by atoms with van der Waals surface area (Å²) in [5.74, 6) is 0.392. The molecule has 18 heavy (non-hydrogen) atoms. The minimum Gasteiger partial charge on any atom is -0.461 e. The number of furan rings is 1. The van der Waals surface area contributed by atoms with Gasteiger partial charge in [-0.25, -0.2) is 0 Å². The van der Waals surface area contributed by atoms with Gasteiger partial charge in [-0.2, -0.15) is 0 Å². The first-order chi connectivity index (χ1) is 8.84. The number of hydrogen-bond donors (Lipinski definition) is 0. The number of ether oxygens (including phenoxy) is 1. The van der Waals surface area contributed by atoms with Gasteiger partial charge in [-0.1, -0.05) is 24.3 Å². The molecule has 0 spiro atoms. The molecule has 3 rings (SSSR count). The Kier molecular flexibility index (Phi) is 2.99. The highest BCUT2D eigenvalue weighted by Crippen LogP contribution is 2.30. The summed E-state index contributed by atoms with van der Waals surface area (Å²) in [5, 5.41) is 0. The molecule has 0 radical (unpaired) electrons. The van der Waals surface area contributed by atoms with E-state index in [1.807, 2.05) is 18.2 Å². The molecule has 0 aliphatic carbocycles. The van der Waals surface area contributed by atoms with Crippen LogP contribution in [0.2, 0.25) is 0 Å². The van der Waals surface area contributed by atoms with Crippen molar-refractivity contribution >= 4 is 5.78 Å². The zero-order chi connectivity index (χ0) is 12.4. The SMILES string of the molecule is O=C(C[C@H]1OCCc2ccccc21)c1ccco1. The lowest BCUT2D eigenvalue weighted by Crippen LogP contribution is -2.19. The number of carbonyl (C=O) groups is 1. The van der Waals surface area contributed by atoms with Crippen LogP contribution in [0.5, 0.6) is 0 Å². The largest absolute Gasteiger partial charge is 0.461 e. The van der Waals surface area contributed by atoms with Gasteiger partial charge in [0, 0.05) is 6.42 Å². The van der Waals surface area contributed by atoms with Crippen LogP contribution in [0.4, 0.5) is 0 Å². The number of rotatable bonds is 3. The average Bonchev–Trinajstić information content (AvgIpc) is 2.93. The van der Waals surface area contributed by atoms with Crippen molar-refractivity contribution in [1.29, 1.82) is 0 Å². The van der Waals surface area contributed by atoms with E-state index in [0.717, 1.165) is 12.0 Å². The van der Waals surface area contributed by atoms with Gasteiger partial charge in [0.2, 0.25) is 5.78 Å². The van der Waals surface area contributed by atoms with Gasteiger partial charge in [0.05, 0.1) is 19.0 Å². The molecule has 0 fully saturated rings. The topological polar surface area (TPSA) is 39.4 Å². The van der Waals surface area contributed by atoms with Crippen LogP contribution in [-0.4, -0.2) is 12.4 Å². The van der Waals surface area contributed by atoms with E-state index < -0.39 is 0 Å². The summed E-state index contributed by atoms with van der Waals surface area (Å²) >= 11 is 0. The molecule has 1 aliphatic heterocycles. The zero-order valence-corrected chi connectivity index (χ0v) is 9.96. The fourth-order valence-corrected chi connectivity index (χ4v) is 2.35. The Morgan fingerprint density at radius 3 is 2.94 bits per heavy atom. The molecule has 3 heteroatoms. The molecule has 0 bridgehead atoms. The third kappa shape index (κ3) is 2.09. The summed E-state index contributed by atoms with van der Waals surface area (Å²) in [4.78, 5) is 12.0. The second-order valence-corrected chi connectivity index (χ2v) is 4.41. The lowest BCUT2D eigenvalue weighted by molar-refractivity contribution is 0.0343. The van der Waals surface area contributed by atoms with Crippen LogP contribution in [-0.2, 0) is 11.2 Å². The van der Waals surface area contributed by atoms with E-state index in [-0.39, 0.29) is 11.9 Å². The molecular formula is C15H14O3. The van der Waals surface area contributed by atoms with Crippen molar-refractivity contribution in [3.8, 4) is 0 Å². The highest BCUT2D eigenvalue weighted by Gasteiger charge is 2.24. The summed E-state index contributed by atoms with van der Waals surface area (Å²) < 4.78 is 10.8. The van der Waals surface area contributed by atoms with Crippen molar-refractivity contribution in [2.45, 2.75) is 18.9 Å². The molecule has 3 nitrogen and oxygen atoms in total. The van der Waals surface area contributed by atoms with Gasteiger partial charge in [0.1, 0.15) is 0 Å². The van der Waals surface area contributed by atoms with Crippen LogP contribution >= 0.6 is 0 Å². The Labute approximate surface area is 105 Å². The number of carbonyl (C=O) groups excluding carboxylic acids is 1. The van der Waals surface area contributed by atoms with Crippen LogP contribution in [0.15, 0.2) is 47.1 Å². The molecule has 1 atom stereocenters. The molecule has 1 aliphatic rings. The van der Waals surface area contributed by atoms with Gasteiger partial charge in [0.25, 0.3) is 0 Å². The first-order valence-electron chi connectivity index (χ1n) is 6.11. The van der Waals surface area contributed by atoms with Gasteiger partial charge >= 0.3 is 0 Å². The molecular weight excluding hydrogens is 228 g/mol. The summed E-state index contributed by atoms with van der Waals surface area (Å²) in [5.41, 5.74) is 2.41. The molecule has 1 aromatic carbocycles. The van der Waals surface area contributed by atoms with E-state index in [4.69, 9.17) is 9.15 Å². The van der Waals surface area contributed by atoms with Crippen molar-refractivity contribution < 1.29 is 13.9 Å². The van der Waals surface area contributed by atoms with E-state index in [2.05, 4.69) is 6.07 Å². The van der Waals surface area contributed by atoms with E-state index >= 15 is 0 Å². The highest BCUT2D eigenvalue weighted by atomic mass is 16.5. The predicted octanol–water partition coefficient (Wildman–Crippen LogP) is 3.17. The molecule has 2 aromatic rings. The monoisotopic (exact) mass is 242 g/mol. The number of ketones is 1. The molecule has 0 amide bonds. The molecule has 0 unspecified atom stereocenters. The van der Waals surface area contributed by atoms with Crippen LogP contribution < -0.4 is 0 Å². The van der Waals surface area contributed by atoms with E-state index in [1.54, 1.807) is 12.1 Å². The quantitative estimate of drug-likeness (QED) is 0.776. The van der Waals surface area contributed by atoms with E-state index in [9.17, 15) is 4.79 Å². The minimum absolute atomic E-state index is 0.0123. The van der Waals surface area contributed by atoms with Crippen LogP contribution in [0.1, 0.15) is 34.2 Å². The third-order valence-corrected chi connectivity index (χ3v) is 3.26. The average molecular weight is 242 g/mol. The van der Waals surface area contributed by atoms with Crippen LogP contribution in [0, 0.1) is 0 Å². The van der Waals surface area contributed by atoms with Gasteiger partial charge in [-0.05, 0) is 29.7 Å². The fraction of sp³-hybridized carbons (Fsp3) is 0.267. The number of Topliss-reactive ketones (excluding diaryl/α,β-unsaturated/α-hetero) is 1. The Hall–Kier alpha value is -1.87. The van der Waals surface area contributed by atoms with Gasteiger partial charge in [-0.15, -0.1) is 0 Å². The molecule has 0 saturated carbocycles. The second-order valence-electron chi connectivity index (χ2n) is 4.41. The summed E-state index contributed by atoms with van der Waals surface area (Å²) in [7, 11) is 0. The normalized spacial score (nSPS) is 18.3. The van der Waals surface area contributed by atoms with Crippen LogP contribution in [0.3, 0.4) is 0 Å². The first kappa shape index (κ1) is 11.2. The summed E-state index contributed by atoms with van der Waals surface area (Å²) in [6.07, 6.45) is 2.63. The van der Waals surface area contributed by atoms with E-state index in [0.29, 0.717) is 18.8 Å². The predicted molar refractivity (Wildman–Crippen MR) is 66.5 cm³/mol. The maximum absolute atomic E-state index is 12.0. The Morgan fingerprint density at radius 1 is 1.22 bits per heavy atom. The standard InChI is InChI=1S/C15H14O3/c16-13(14-6-3-8-17-14)10-15-12-5-2-1-4-11(12)7-9-18-15/h1-6,8,15H,7,9-10H2/t15-/m1/s1. The second kappa shape index (κ2) is 4.78. The zero-order valence-electron chi connectivity index (χ0n) is 9.96. The number of fused-ring (bicyclic) bond motifs is 1. The van der Waals surface area contributed by atoms with Gasteiger partial charge in [-0.3, -0.25) is 4.79 Å². The van der Waals surface area contributed by atoms with Gasteiger partial charge in [0.15, 0.2) is 5.76 Å². The Bertz CT molecular complexity index is 543. The number of hydrogen-bond acceptors (Lipinski definition) is 3. The molecule has 0 saturated heterocycles. The number of benzene rings is 1. The first-order valence-corrected chi connectivity index (χ1v) is 6.11. The molecule has 1 aromatic heterocycles. The van der Waals surface area contributed by atoms with E-state index in [1.165, 1.54) is 11.8 Å². The van der Waals surface area contributed by atoms with Crippen molar-refractivity contribution in [2.75, 3.05) is 6.61 Å². The van der Waals surface area contributed by atoms with Crippen molar-refractivity contribution in [3.63, 3.8) is 0 Å². The lowest BCUT2D eigenvalue weighted by Gasteiger charge is -2.25. The Morgan fingerprint density at radius 2 is 2.11 bits per heavy atom. The maximum atomic E-state index is 12.0. The Balaban J connectivity index is 1.80. The smallest absolute Gasteiger partial charge is 0.200 e. The molecule has 2 heterocycles. The maximum Gasteiger partial charge on any atom is 0.200 e. The summed E-state index contributed by atoms with van der Waals surface area (Å²) in [6.45, 7) is 0.674. The van der Waals surface area contributed by atoms with Crippen molar-refractivity contribution in [2.24, 2.45) is 0 Å². The van der Waals surface area contributed by atoms with Crippen LogP contribution in [0.25, 0.3) is 0 Å². The molecule has 0 N–H and O–H groups in total. The highest BCUT2D eigenvalue weighted by molar-refractivity contribution is 5.93. The molecule has 92 valence electrons. The fourth-order valence-electron chi connectivity index (χ4n) is 2.35. The van der Waals surface area contributed by atoms with Gasteiger partial charge < -0.3 is 9.15 Å². The van der Waals surface area contributed by atoms with Crippen molar-refractivity contribution in [3.05, 3.63) is 59.5 Å². The summed E-state index contributed by atoms with van der Waals surface area (Å²) in [6, 6.07) is 11.6.